The summed E-state index contributed by atoms with van der Waals surface area (Å²) in [4.78, 5) is 11.4. The highest BCUT2D eigenvalue weighted by atomic mass is 16.5. The molecule has 0 spiro atoms. The maximum atomic E-state index is 11.4. The fraction of sp³-hybridized carbons (Fsp3) is 0.500. The summed E-state index contributed by atoms with van der Waals surface area (Å²) in [6.45, 7) is 5.85. The summed E-state index contributed by atoms with van der Waals surface area (Å²) in [7, 11) is 0. The third kappa shape index (κ3) is 2.02. The highest BCUT2D eigenvalue weighted by Crippen LogP contribution is 2.52. The lowest BCUT2D eigenvalue weighted by atomic mass is 9.91. The van der Waals surface area contributed by atoms with Crippen molar-refractivity contribution in [3.63, 3.8) is 0 Å². The molecule has 0 saturated heterocycles. The fourth-order valence-electron chi connectivity index (χ4n) is 2.30. The first-order chi connectivity index (χ1) is 7.97. The molecule has 0 bridgehead atoms. The number of aryl methyl sites for hydroxylation is 1. The smallest absolute Gasteiger partial charge is 0.314 e. The molecule has 0 unspecified atom stereocenters. The predicted octanol–water partition coefficient (Wildman–Crippen LogP) is 2.90. The molecule has 1 fully saturated rings. The summed E-state index contributed by atoms with van der Waals surface area (Å²) in [5.41, 5.74) is 1.17. The van der Waals surface area contributed by atoms with Crippen LogP contribution < -0.4 is 4.74 Å². The van der Waals surface area contributed by atoms with Crippen LogP contribution in [0.5, 0.6) is 5.75 Å². The number of carboxylic acids is 1. The Morgan fingerprint density at radius 1 is 1.41 bits per heavy atom. The third-order valence-corrected chi connectivity index (χ3v) is 3.24. The van der Waals surface area contributed by atoms with Crippen molar-refractivity contribution in [1.82, 2.24) is 0 Å². The minimum Gasteiger partial charge on any atom is -0.491 e. The Hall–Kier alpha value is -1.51. The molecule has 1 aromatic rings. The van der Waals surface area contributed by atoms with Gasteiger partial charge < -0.3 is 9.84 Å². The monoisotopic (exact) mass is 234 g/mol. The summed E-state index contributed by atoms with van der Waals surface area (Å²) in [6.07, 6.45) is 1.48. The van der Waals surface area contributed by atoms with Crippen LogP contribution in [0.3, 0.4) is 0 Å². The van der Waals surface area contributed by atoms with Gasteiger partial charge in [-0.2, -0.15) is 0 Å². The largest absolute Gasteiger partial charge is 0.491 e. The Morgan fingerprint density at radius 3 is 2.53 bits per heavy atom. The number of benzene rings is 1. The van der Waals surface area contributed by atoms with Crippen molar-refractivity contribution in [1.29, 1.82) is 0 Å². The van der Waals surface area contributed by atoms with Gasteiger partial charge in [0, 0.05) is 5.56 Å². The Kier molecular flexibility index (Phi) is 2.86. The lowest BCUT2D eigenvalue weighted by Gasteiger charge is -2.20. The standard InChI is InChI=1S/C14H18O3/c1-9(2)17-11-6-4-5-10(3)12(11)14(7-8-14)13(15)16/h4-6,9H,7-8H2,1-3H3,(H,15,16). The van der Waals surface area contributed by atoms with Crippen LogP contribution in [-0.4, -0.2) is 17.2 Å². The molecular weight excluding hydrogens is 216 g/mol. The van der Waals surface area contributed by atoms with Crippen LogP contribution in [0.15, 0.2) is 18.2 Å². The van der Waals surface area contributed by atoms with E-state index in [1.54, 1.807) is 0 Å². The van der Waals surface area contributed by atoms with Crippen LogP contribution in [0, 0.1) is 6.92 Å². The first kappa shape index (κ1) is 12.0. The molecule has 92 valence electrons. The van der Waals surface area contributed by atoms with Crippen LogP contribution in [0.1, 0.15) is 37.8 Å². The van der Waals surface area contributed by atoms with Gasteiger partial charge in [0.05, 0.1) is 11.5 Å². The van der Waals surface area contributed by atoms with Crippen LogP contribution >= 0.6 is 0 Å². The van der Waals surface area contributed by atoms with Gasteiger partial charge in [0.2, 0.25) is 0 Å². The zero-order valence-electron chi connectivity index (χ0n) is 10.5. The van der Waals surface area contributed by atoms with E-state index in [-0.39, 0.29) is 6.10 Å². The number of ether oxygens (including phenoxy) is 1. The maximum absolute atomic E-state index is 11.4. The minimum atomic E-state index is -0.736. The van der Waals surface area contributed by atoms with Gasteiger partial charge in [-0.05, 0) is 45.2 Å². The molecule has 1 aliphatic carbocycles. The molecular formula is C14H18O3. The molecule has 3 heteroatoms. The Labute approximate surface area is 101 Å². The zero-order valence-corrected chi connectivity index (χ0v) is 10.5. The van der Waals surface area contributed by atoms with E-state index in [1.807, 2.05) is 39.0 Å². The second-order valence-corrected chi connectivity index (χ2v) is 5.00. The molecule has 0 amide bonds. The molecule has 17 heavy (non-hydrogen) atoms. The number of rotatable bonds is 4. The molecule has 2 rings (SSSR count). The maximum Gasteiger partial charge on any atom is 0.314 e. The highest BCUT2D eigenvalue weighted by Gasteiger charge is 2.54. The van der Waals surface area contributed by atoms with Gasteiger partial charge in [0.1, 0.15) is 5.75 Å². The average molecular weight is 234 g/mol. The lowest BCUT2D eigenvalue weighted by Crippen LogP contribution is -2.22. The summed E-state index contributed by atoms with van der Waals surface area (Å²) in [6, 6.07) is 5.73. The number of hydrogen-bond donors (Lipinski definition) is 1. The van der Waals surface area contributed by atoms with Crippen molar-refractivity contribution in [2.45, 2.75) is 45.1 Å². The van der Waals surface area contributed by atoms with Gasteiger partial charge in [-0.3, -0.25) is 4.79 Å². The van der Waals surface area contributed by atoms with E-state index in [2.05, 4.69) is 0 Å². The molecule has 1 aromatic carbocycles. The van der Waals surface area contributed by atoms with E-state index < -0.39 is 11.4 Å². The third-order valence-electron chi connectivity index (χ3n) is 3.24. The number of hydrogen-bond acceptors (Lipinski definition) is 2. The van der Waals surface area contributed by atoms with Crippen molar-refractivity contribution >= 4 is 5.97 Å². The van der Waals surface area contributed by atoms with Crippen molar-refractivity contribution in [2.75, 3.05) is 0 Å². The molecule has 0 atom stereocenters. The second kappa shape index (κ2) is 4.06. The van der Waals surface area contributed by atoms with E-state index in [4.69, 9.17) is 4.74 Å². The van der Waals surface area contributed by atoms with E-state index in [0.29, 0.717) is 12.8 Å². The van der Waals surface area contributed by atoms with Crippen LogP contribution in [0.25, 0.3) is 0 Å². The van der Waals surface area contributed by atoms with Gasteiger partial charge >= 0.3 is 5.97 Å². The number of carboxylic acid groups (broad SMARTS) is 1. The number of carbonyl (C=O) groups is 1. The summed E-state index contributed by atoms with van der Waals surface area (Å²) in [5, 5.41) is 9.38. The summed E-state index contributed by atoms with van der Waals surface area (Å²) < 4.78 is 5.74. The quantitative estimate of drug-likeness (QED) is 0.871. The first-order valence-corrected chi connectivity index (χ1v) is 5.97. The minimum absolute atomic E-state index is 0.0557. The lowest BCUT2D eigenvalue weighted by molar-refractivity contribution is -0.140. The van der Waals surface area contributed by atoms with Gasteiger partial charge in [-0.15, -0.1) is 0 Å². The van der Waals surface area contributed by atoms with E-state index >= 15 is 0 Å². The van der Waals surface area contributed by atoms with Gasteiger partial charge in [0.15, 0.2) is 0 Å². The Morgan fingerprint density at radius 2 is 2.06 bits per heavy atom. The van der Waals surface area contributed by atoms with E-state index in [0.717, 1.165) is 16.9 Å². The van der Waals surface area contributed by atoms with Crippen LogP contribution in [0.4, 0.5) is 0 Å². The van der Waals surface area contributed by atoms with Crippen molar-refractivity contribution in [3.8, 4) is 5.75 Å². The van der Waals surface area contributed by atoms with Gasteiger partial charge in [0.25, 0.3) is 0 Å². The van der Waals surface area contributed by atoms with Gasteiger partial charge in [-0.25, -0.2) is 0 Å². The van der Waals surface area contributed by atoms with E-state index in [9.17, 15) is 9.90 Å². The zero-order chi connectivity index (χ0) is 12.6. The first-order valence-electron chi connectivity index (χ1n) is 5.97. The predicted molar refractivity (Wildman–Crippen MR) is 65.5 cm³/mol. The second-order valence-electron chi connectivity index (χ2n) is 5.00. The SMILES string of the molecule is Cc1cccc(OC(C)C)c1C1(C(=O)O)CC1. The molecule has 0 aromatic heterocycles. The van der Waals surface area contributed by atoms with Crippen molar-refractivity contribution < 1.29 is 14.6 Å². The number of aliphatic carboxylic acids is 1. The normalized spacial score (nSPS) is 16.9. The Balaban J connectivity index is 2.48. The average Bonchev–Trinajstić information content (AvgIpc) is 2.97. The van der Waals surface area contributed by atoms with Gasteiger partial charge in [-0.1, -0.05) is 12.1 Å². The summed E-state index contributed by atoms with van der Waals surface area (Å²) >= 11 is 0. The van der Waals surface area contributed by atoms with Crippen molar-refractivity contribution in [3.05, 3.63) is 29.3 Å². The molecule has 0 radical (unpaired) electrons. The van der Waals surface area contributed by atoms with Crippen LogP contribution in [-0.2, 0) is 10.2 Å². The topological polar surface area (TPSA) is 46.5 Å². The highest BCUT2D eigenvalue weighted by molar-refractivity contribution is 5.86. The fourth-order valence-corrected chi connectivity index (χ4v) is 2.30. The molecule has 1 saturated carbocycles. The molecule has 1 N–H and O–H groups in total. The molecule has 0 heterocycles. The Bertz CT molecular complexity index is 445. The summed E-state index contributed by atoms with van der Waals surface area (Å²) in [5.74, 6) is -0.0136. The molecule has 3 nitrogen and oxygen atoms in total. The van der Waals surface area contributed by atoms with Crippen LogP contribution in [0.2, 0.25) is 0 Å². The molecule has 0 aliphatic heterocycles. The van der Waals surface area contributed by atoms with Crippen molar-refractivity contribution in [2.24, 2.45) is 0 Å². The molecule has 1 aliphatic rings. The van der Waals surface area contributed by atoms with E-state index in [1.165, 1.54) is 0 Å².